The molecule has 182 valence electrons. The van der Waals surface area contributed by atoms with Crippen LogP contribution in [0, 0.1) is 0 Å². The molecule has 0 bridgehead atoms. The minimum Gasteiger partial charge on any atom is -0.475 e. The summed E-state index contributed by atoms with van der Waals surface area (Å²) in [6, 6.07) is 19.6. The number of amides is 1. The Labute approximate surface area is 208 Å². The van der Waals surface area contributed by atoms with Gasteiger partial charge in [0.05, 0.1) is 36.3 Å². The number of carbonyl (C=O) groups excluding carboxylic acids is 2. The first-order chi connectivity index (χ1) is 16.7. The Morgan fingerprint density at radius 2 is 1.71 bits per heavy atom. The molecule has 0 unspecified atom stereocenters. The van der Waals surface area contributed by atoms with Crippen LogP contribution in [0.25, 0.3) is 0 Å². The molecule has 0 aliphatic carbocycles. The van der Waals surface area contributed by atoms with Gasteiger partial charge in [-0.15, -0.1) is 0 Å². The molecule has 0 spiro atoms. The number of ether oxygens (including phenoxy) is 2. The normalized spacial score (nSPS) is 15.1. The summed E-state index contributed by atoms with van der Waals surface area (Å²) in [6.45, 7) is 0.0304. The van der Waals surface area contributed by atoms with Crippen molar-refractivity contribution in [2.75, 3.05) is 29.9 Å². The van der Waals surface area contributed by atoms with Gasteiger partial charge in [0.15, 0.2) is 0 Å². The van der Waals surface area contributed by atoms with E-state index in [1.807, 2.05) is 0 Å². The number of hydrogen-bond donors (Lipinski definition) is 0. The number of nitrogens with zero attached hydrogens (tertiary/aromatic N) is 2. The number of methoxy groups -OCH3 is 1. The molecule has 0 saturated heterocycles. The van der Waals surface area contributed by atoms with Gasteiger partial charge in [0.1, 0.15) is 5.75 Å². The van der Waals surface area contributed by atoms with Gasteiger partial charge in [0.25, 0.3) is 10.0 Å². The Morgan fingerprint density at radius 1 is 1.06 bits per heavy atom. The van der Waals surface area contributed by atoms with E-state index in [9.17, 15) is 18.0 Å². The molecule has 10 heteroatoms. The highest BCUT2D eigenvalue weighted by atomic mass is 35.5. The Hall–Kier alpha value is -3.56. The predicted octanol–water partition coefficient (Wildman–Crippen LogP) is 3.67. The topological polar surface area (TPSA) is 93.2 Å². The lowest BCUT2D eigenvalue weighted by Crippen LogP contribution is -2.48. The summed E-state index contributed by atoms with van der Waals surface area (Å²) in [5.74, 6) is -0.372. The molecule has 0 fully saturated rings. The summed E-state index contributed by atoms with van der Waals surface area (Å²) in [6.07, 6.45) is -0.871. The molecule has 8 nitrogen and oxygen atoms in total. The van der Waals surface area contributed by atoms with E-state index in [1.54, 1.807) is 48.5 Å². The van der Waals surface area contributed by atoms with Gasteiger partial charge >= 0.3 is 5.97 Å². The van der Waals surface area contributed by atoms with E-state index < -0.39 is 22.1 Å². The zero-order valence-electron chi connectivity index (χ0n) is 19.0. The standard InChI is InChI=1S/C25H23ClN2O6S/c1-27(35(31,32)20-13-9-18(26)10-14-20)19-11-7-17(8-12-19)15-24(29)28-16-23(25(30)33-2)34-22-6-4-3-5-21(22)28/h3-14,23H,15-16H2,1-2H3/t23-/m0/s1. The fraction of sp³-hybridized carbons (Fsp3) is 0.200. The highest BCUT2D eigenvalue weighted by molar-refractivity contribution is 7.92. The van der Waals surface area contributed by atoms with Gasteiger partial charge in [-0.05, 0) is 54.1 Å². The number of halogens is 1. The fourth-order valence-corrected chi connectivity index (χ4v) is 5.04. The van der Waals surface area contributed by atoms with E-state index in [1.165, 1.54) is 47.6 Å². The number of benzene rings is 3. The van der Waals surface area contributed by atoms with Crippen LogP contribution in [0.4, 0.5) is 11.4 Å². The molecule has 3 aromatic rings. The maximum atomic E-state index is 13.2. The van der Waals surface area contributed by atoms with Crippen LogP contribution in [0.2, 0.25) is 5.02 Å². The van der Waals surface area contributed by atoms with Crippen LogP contribution >= 0.6 is 11.6 Å². The molecule has 1 atom stereocenters. The van der Waals surface area contributed by atoms with Crippen LogP contribution in [-0.2, 0) is 30.8 Å². The maximum Gasteiger partial charge on any atom is 0.348 e. The van der Waals surface area contributed by atoms with Crippen molar-refractivity contribution in [3.8, 4) is 5.75 Å². The first kappa shape index (κ1) is 24.6. The number of esters is 1. The number of para-hydroxylation sites is 2. The van der Waals surface area contributed by atoms with Crippen molar-refractivity contribution in [3.05, 3.63) is 83.4 Å². The van der Waals surface area contributed by atoms with Crippen molar-refractivity contribution in [3.63, 3.8) is 0 Å². The number of carbonyl (C=O) groups is 2. The molecule has 0 saturated carbocycles. The smallest absolute Gasteiger partial charge is 0.348 e. The SMILES string of the molecule is COC(=O)[C@@H]1CN(C(=O)Cc2ccc(N(C)S(=O)(=O)c3ccc(Cl)cc3)cc2)c2ccccc2O1. The van der Waals surface area contributed by atoms with Crippen LogP contribution in [0.3, 0.4) is 0 Å². The average Bonchev–Trinajstić information content (AvgIpc) is 2.87. The molecule has 0 radical (unpaired) electrons. The average molecular weight is 515 g/mol. The minimum absolute atomic E-state index is 0.0304. The summed E-state index contributed by atoms with van der Waals surface area (Å²) in [5.41, 5.74) is 1.70. The quantitative estimate of drug-likeness (QED) is 0.466. The second kappa shape index (κ2) is 9.97. The molecular weight excluding hydrogens is 492 g/mol. The molecule has 1 aliphatic heterocycles. The van der Waals surface area contributed by atoms with Gasteiger partial charge in [0, 0.05) is 12.1 Å². The van der Waals surface area contributed by atoms with E-state index in [0.29, 0.717) is 27.7 Å². The van der Waals surface area contributed by atoms with Gasteiger partial charge in [0.2, 0.25) is 12.0 Å². The van der Waals surface area contributed by atoms with Gasteiger partial charge in [-0.1, -0.05) is 35.9 Å². The van der Waals surface area contributed by atoms with Gasteiger partial charge in [-0.25, -0.2) is 13.2 Å². The first-order valence-corrected chi connectivity index (χ1v) is 12.5. The van der Waals surface area contributed by atoms with Crippen molar-refractivity contribution >= 4 is 44.9 Å². The Kier molecular flexibility index (Phi) is 7.00. The van der Waals surface area contributed by atoms with Crippen molar-refractivity contribution in [1.82, 2.24) is 0 Å². The largest absolute Gasteiger partial charge is 0.475 e. The van der Waals surface area contributed by atoms with Crippen LogP contribution in [0.1, 0.15) is 5.56 Å². The lowest BCUT2D eigenvalue weighted by molar-refractivity contribution is -0.148. The molecule has 3 aromatic carbocycles. The Bertz CT molecular complexity index is 1340. The number of rotatable bonds is 6. The van der Waals surface area contributed by atoms with E-state index in [-0.39, 0.29) is 23.8 Å². The monoisotopic (exact) mass is 514 g/mol. The molecule has 1 heterocycles. The lowest BCUT2D eigenvalue weighted by Gasteiger charge is -2.33. The van der Waals surface area contributed by atoms with E-state index in [2.05, 4.69) is 0 Å². The maximum absolute atomic E-state index is 13.2. The number of fused-ring (bicyclic) bond motifs is 1. The minimum atomic E-state index is -3.77. The lowest BCUT2D eigenvalue weighted by atomic mass is 10.1. The van der Waals surface area contributed by atoms with Crippen LogP contribution in [-0.4, -0.2) is 47.1 Å². The Balaban J connectivity index is 1.51. The summed E-state index contributed by atoms with van der Waals surface area (Å²) < 4.78 is 37.5. The molecule has 4 rings (SSSR count). The van der Waals surface area contributed by atoms with E-state index in [4.69, 9.17) is 21.1 Å². The number of sulfonamides is 1. The zero-order valence-corrected chi connectivity index (χ0v) is 20.6. The summed E-state index contributed by atoms with van der Waals surface area (Å²) in [4.78, 5) is 26.9. The van der Waals surface area contributed by atoms with Crippen LogP contribution < -0.4 is 13.9 Å². The molecule has 0 N–H and O–H groups in total. The summed E-state index contributed by atoms with van der Waals surface area (Å²) in [7, 11) is -1.04. The zero-order chi connectivity index (χ0) is 25.2. The molecular formula is C25H23ClN2O6S. The highest BCUT2D eigenvalue weighted by Crippen LogP contribution is 2.34. The van der Waals surface area contributed by atoms with Gasteiger partial charge in [-0.2, -0.15) is 0 Å². The number of anilines is 2. The van der Waals surface area contributed by atoms with E-state index in [0.717, 1.165) is 0 Å². The second-order valence-electron chi connectivity index (χ2n) is 7.87. The van der Waals surface area contributed by atoms with Crippen molar-refractivity contribution in [1.29, 1.82) is 0 Å². The van der Waals surface area contributed by atoms with Crippen molar-refractivity contribution < 1.29 is 27.5 Å². The molecule has 35 heavy (non-hydrogen) atoms. The number of hydrogen-bond acceptors (Lipinski definition) is 6. The third-order valence-corrected chi connectivity index (χ3v) is 7.72. The summed E-state index contributed by atoms with van der Waals surface area (Å²) >= 11 is 5.86. The molecule has 0 aromatic heterocycles. The van der Waals surface area contributed by atoms with Gasteiger partial charge < -0.3 is 14.4 Å². The van der Waals surface area contributed by atoms with Crippen molar-refractivity contribution in [2.45, 2.75) is 17.4 Å². The highest BCUT2D eigenvalue weighted by Gasteiger charge is 2.34. The van der Waals surface area contributed by atoms with E-state index >= 15 is 0 Å². The Morgan fingerprint density at radius 3 is 2.37 bits per heavy atom. The predicted molar refractivity (Wildman–Crippen MR) is 132 cm³/mol. The fourth-order valence-electron chi connectivity index (χ4n) is 3.72. The first-order valence-electron chi connectivity index (χ1n) is 10.7. The third kappa shape index (κ3) is 5.11. The molecule has 1 aliphatic rings. The molecule has 1 amide bonds. The summed E-state index contributed by atoms with van der Waals surface area (Å²) in [5, 5.41) is 0.446. The third-order valence-electron chi connectivity index (χ3n) is 5.67. The van der Waals surface area contributed by atoms with Crippen molar-refractivity contribution in [2.24, 2.45) is 0 Å². The van der Waals surface area contributed by atoms with Crippen LogP contribution in [0.5, 0.6) is 5.75 Å². The second-order valence-corrected chi connectivity index (χ2v) is 10.3. The van der Waals surface area contributed by atoms with Crippen LogP contribution in [0.15, 0.2) is 77.7 Å². The van der Waals surface area contributed by atoms with Gasteiger partial charge in [-0.3, -0.25) is 9.10 Å².